The molecule has 3 nitrogen and oxygen atoms in total. The van der Waals surface area contributed by atoms with Gasteiger partial charge < -0.3 is 4.98 Å². The van der Waals surface area contributed by atoms with E-state index in [2.05, 4.69) is 4.98 Å². The van der Waals surface area contributed by atoms with Crippen molar-refractivity contribution < 1.29 is 17.6 Å². The number of rotatable bonds is 2. The highest BCUT2D eigenvalue weighted by atomic mass is 19.4. The molecule has 0 radical (unpaired) electrons. The summed E-state index contributed by atoms with van der Waals surface area (Å²) < 4.78 is 52.0. The summed E-state index contributed by atoms with van der Waals surface area (Å²) in [5.41, 5.74) is -0.443. The summed E-state index contributed by atoms with van der Waals surface area (Å²) >= 11 is 0. The molecule has 3 rings (SSSR count). The molecule has 122 valence electrons. The quantitative estimate of drug-likeness (QED) is 0.712. The maximum atomic E-state index is 13.1. The molecule has 1 N–H and O–H groups in total. The highest BCUT2D eigenvalue weighted by Crippen LogP contribution is 2.31. The average molecular weight is 334 g/mol. The summed E-state index contributed by atoms with van der Waals surface area (Å²) in [5, 5.41) is 0. The van der Waals surface area contributed by atoms with Gasteiger partial charge in [0.2, 0.25) is 5.82 Å². The molecule has 0 saturated carbocycles. The number of aromatic nitrogens is 2. The van der Waals surface area contributed by atoms with Crippen LogP contribution in [0.3, 0.4) is 0 Å². The van der Waals surface area contributed by atoms with Gasteiger partial charge in [-0.25, -0.2) is 9.37 Å². The van der Waals surface area contributed by atoms with Crippen LogP contribution in [0.15, 0.2) is 59.4 Å². The number of aromatic amines is 1. The number of H-pyrrole nitrogens is 1. The van der Waals surface area contributed by atoms with Crippen LogP contribution in [0.25, 0.3) is 22.4 Å². The number of alkyl halides is 3. The van der Waals surface area contributed by atoms with Crippen LogP contribution in [0, 0.1) is 5.82 Å². The third-order valence-corrected chi connectivity index (χ3v) is 3.37. The molecule has 0 bridgehead atoms. The molecule has 24 heavy (non-hydrogen) atoms. The maximum Gasteiger partial charge on any atom is 0.449 e. The fraction of sp³-hybridized carbons (Fsp3) is 0.0588. The Bertz CT molecular complexity index is 916. The molecule has 0 aliphatic carbocycles. The summed E-state index contributed by atoms with van der Waals surface area (Å²) in [6, 6.07) is 13.0. The topological polar surface area (TPSA) is 45.8 Å². The molecule has 3 aromatic rings. The maximum absolute atomic E-state index is 13.1. The van der Waals surface area contributed by atoms with Gasteiger partial charge in [0, 0.05) is 5.56 Å². The Labute approximate surface area is 133 Å². The van der Waals surface area contributed by atoms with Gasteiger partial charge in [0.1, 0.15) is 5.82 Å². The first-order valence-electron chi connectivity index (χ1n) is 6.89. The van der Waals surface area contributed by atoms with Crippen LogP contribution in [-0.2, 0) is 6.18 Å². The molecular weight excluding hydrogens is 324 g/mol. The predicted molar refractivity (Wildman–Crippen MR) is 80.7 cm³/mol. The lowest BCUT2D eigenvalue weighted by molar-refractivity contribution is -0.145. The molecule has 0 unspecified atom stereocenters. The van der Waals surface area contributed by atoms with E-state index in [0.29, 0.717) is 5.56 Å². The van der Waals surface area contributed by atoms with Gasteiger partial charge in [0.25, 0.3) is 5.56 Å². The van der Waals surface area contributed by atoms with Gasteiger partial charge in [0.15, 0.2) is 0 Å². The van der Waals surface area contributed by atoms with Crippen molar-refractivity contribution in [1.82, 2.24) is 9.97 Å². The SMILES string of the molecule is O=c1[nH]c(C(F)(F)F)nc(-c2ccc(F)cc2)c1-c1ccccc1. The van der Waals surface area contributed by atoms with E-state index in [-0.39, 0.29) is 16.8 Å². The minimum Gasteiger partial charge on any atom is -0.302 e. The van der Waals surface area contributed by atoms with Crippen LogP contribution < -0.4 is 5.56 Å². The molecule has 0 aliphatic heterocycles. The van der Waals surface area contributed by atoms with Crippen LogP contribution >= 0.6 is 0 Å². The van der Waals surface area contributed by atoms with Crippen molar-refractivity contribution in [2.45, 2.75) is 6.18 Å². The van der Waals surface area contributed by atoms with Crippen LogP contribution in [0.1, 0.15) is 5.82 Å². The number of hydrogen-bond donors (Lipinski definition) is 1. The largest absolute Gasteiger partial charge is 0.449 e. The zero-order valence-corrected chi connectivity index (χ0v) is 12.1. The van der Waals surface area contributed by atoms with E-state index >= 15 is 0 Å². The minimum absolute atomic E-state index is 0.00444. The first kappa shape index (κ1) is 15.9. The third kappa shape index (κ3) is 3.05. The van der Waals surface area contributed by atoms with Gasteiger partial charge in [-0.15, -0.1) is 0 Å². The second-order valence-corrected chi connectivity index (χ2v) is 5.01. The lowest BCUT2D eigenvalue weighted by atomic mass is 10.0. The third-order valence-electron chi connectivity index (χ3n) is 3.37. The summed E-state index contributed by atoms with van der Waals surface area (Å²) in [6.45, 7) is 0. The smallest absolute Gasteiger partial charge is 0.302 e. The lowest BCUT2D eigenvalue weighted by Crippen LogP contribution is -2.21. The zero-order chi connectivity index (χ0) is 17.3. The lowest BCUT2D eigenvalue weighted by Gasteiger charge is -2.12. The first-order valence-corrected chi connectivity index (χ1v) is 6.89. The monoisotopic (exact) mass is 334 g/mol. The number of nitrogens with zero attached hydrogens (tertiary/aromatic N) is 1. The summed E-state index contributed by atoms with van der Waals surface area (Å²) in [6.07, 6.45) is -4.80. The molecule has 7 heteroatoms. The van der Waals surface area contributed by atoms with Gasteiger partial charge in [0.05, 0.1) is 11.3 Å². The highest BCUT2D eigenvalue weighted by molar-refractivity contribution is 5.80. The Balaban J connectivity index is 2.32. The molecule has 0 saturated heterocycles. The molecule has 0 spiro atoms. The van der Waals surface area contributed by atoms with Crippen LogP contribution in [0.4, 0.5) is 17.6 Å². The molecule has 0 fully saturated rings. The van der Waals surface area contributed by atoms with Gasteiger partial charge >= 0.3 is 6.18 Å². The molecule has 1 aromatic heterocycles. The fourth-order valence-corrected chi connectivity index (χ4v) is 2.30. The van der Waals surface area contributed by atoms with Crippen molar-refractivity contribution in [3.63, 3.8) is 0 Å². The van der Waals surface area contributed by atoms with Gasteiger partial charge in [-0.2, -0.15) is 13.2 Å². The van der Waals surface area contributed by atoms with Gasteiger partial charge in [-0.3, -0.25) is 4.79 Å². The van der Waals surface area contributed by atoms with E-state index in [1.807, 2.05) is 0 Å². The zero-order valence-electron chi connectivity index (χ0n) is 12.1. The highest BCUT2D eigenvalue weighted by Gasteiger charge is 2.35. The Hall–Kier alpha value is -2.96. The average Bonchev–Trinajstić information content (AvgIpc) is 2.55. The van der Waals surface area contributed by atoms with Gasteiger partial charge in [-0.1, -0.05) is 30.3 Å². The number of benzene rings is 2. The fourth-order valence-electron chi connectivity index (χ4n) is 2.30. The molecule has 2 aromatic carbocycles. The molecular formula is C17H10F4N2O. The van der Waals surface area contributed by atoms with Crippen LogP contribution in [0.2, 0.25) is 0 Å². The van der Waals surface area contributed by atoms with E-state index in [1.54, 1.807) is 35.3 Å². The normalized spacial score (nSPS) is 11.5. The summed E-state index contributed by atoms with van der Waals surface area (Å²) in [7, 11) is 0. The first-order chi connectivity index (χ1) is 11.4. The van der Waals surface area contributed by atoms with Crippen molar-refractivity contribution in [2.24, 2.45) is 0 Å². The van der Waals surface area contributed by atoms with Crippen LogP contribution in [0.5, 0.6) is 0 Å². The predicted octanol–water partition coefficient (Wildman–Crippen LogP) is 4.26. The van der Waals surface area contributed by atoms with E-state index in [4.69, 9.17) is 0 Å². The Morgan fingerprint density at radius 2 is 1.50 bits per heavy atom. The summed E-state index contributed by atoms with van der Waals surface area (Å²) in [4.78, 5) is 17.6. The Morgan fingerprint density at radius 3 is 2.08 bits per heavy atom. The second kappa shape index (κ2) is 5.92. The van der Waals surface area contributed by atoms with E-state index in [0.717, 1.165) is 12.1 Å². The van der Waals surface area contributed by atoms with E-state index in [9.17, 15) is 22.4 Å². The van der Waals surface area contributed by atoms with E-state index in [1.165, 1.54) is 12.1 Å². The molecule has 1 heterocycles. The molecule has 0 atom stereocenters. The van der Waals surface area contributed by atoms with Gasteiger partial charge in [-0.05, 0) is 29.8 Å². The van der Waals surface area contributed by atoms with Crippen molar-refractivity contribution >= 4 is 0 Å². The minimum atomic E-state index is -4.80. The number of hydrogen-bond acceptors (Lipinski definition) is 2. The van der Waals surface area contributed by atoms with Crippen molar-refractivity contribution in [3.8, 4) is 22.4 Å². The number of halogens is 4. The van der Waals surface area contributed by atoms with Crippen LogP contribution in [-0.4, -0.2) is 9.97 Å². The summed E-state index contributed by atoms with van der Waals surface area (Å²) in [5.74, 6) is -1.94. The second-order valence-electron chi connectivity index (χ2n) is 5.01. The van der Waals surface area contributed by atoms with E-state index < -0.39 is 23.4 Å². The van der Waals surface area contributed by atoms with Crippen molar-refractivity contribution in [1.29, 1.82) is 0 Å². The standard InChI is InChI=1S/C17H10F4N2O/c18-12-8-6-11(7-9-12)14-13(10-4-2-1-3-5-10)15(24)23-16(22-14)17(19,20)21/h1-9H,(H,22,23,24). The molecule has 0 aliphatic rings. The van der Waals surface area contributed by atoms with Crippen molar-refractivity contribution in [2.75, 3.05) is 0 Å². The van der Waals surface area contributed by atoms with Crippen molar-refractivity contribution in [3.05, 3.63) is 76.6 Å². The Kier molecular flexibility index (Phi) is 3.92. The Morgan fingerprint density at radius 1 is 0.875 bits per heavy atom. The number of nitrogens with one attached hydrogen (secondary N) is 1. The molecule has 0 amide bonds.